The van der Waals surface area contributed by atoms with E-state index >= 15 is 0 Å². The van der Waals surface area contributed by atoms with Crippen LogP contribution in [0.3, 0.4) is 0 Å². The normalized spacial score (nSPS) is 10.8. The second-order valence-corrected chi connectivity index (χ2v) is 7.08. The number of rotatable bonds is 7. The lowest BCUT2D eigenvalue weighted by Crippen LogP contribution is -2.25. The average molecular weight is 390 g/mol. The molecule has 2 N–H and O–H groups in total. The molecule has 0 atom stereocenters. The van der Waals surface area contributed by atoms with Crippen LogP contribution < -0.4 is 15.6 Å². The van der Waals surface area contributed by atoms with Crippen LogP contribution in [0.25, 0.3) is 10.2 Å². The Hall–Kier alpha value is -2.45. The van der Waals surface area contributed by atoms with Crippen molar-refractivity contribution in [2.75, 3.05) is 7.11 Å². The molecule has 0 aliphatic rings. The summed E-state index contributed by atoms with van der Waals surface area (Å²) in [6, 6.07) is 9.38. The molecule has 1 aromatic carbocycles. The van der Waals surface area contributed by atoms with E-state index in [4.69, 9.17) is 17.0 Å². The van der Waals surface area contributed by atoms with Gasteiger partial charge in [-0.1, -0.05) is 12.1 Å². The lowest BCUT2D eigenvalue weighted by atomic mass is 10.2. The highest BCUT2D eigenvalue weighted by atomic mass is 32.1. The topological polar surface area (TPSA) is 76.1 Å². The van der Waals surface area contributed by atoms with Crippen LogP contribution in [0.5, 0.6) is 5.75 Å². The smallest absolute Gasteiger partial charge is 0.272 e. The molecule has 26 heavy (non-hydrogen) atoms. The van der Waals surface area contributed by atoms with Crippen molar-refractivity contribution in [2.24, 2.45) is 0 Å². The summed E-state index contributed by atoms with van der Waals surface area (Å²) in [7, 11) is 1.62. The molecule has 0 bridgehead atoms. The number of hydrogen-bond acceptors (Lipinski definition) is 5. The molecule has 2 heterocycles. The molecular weight excluding hydrogens is 370 g/mol. The minimum atomic E-state index is -0.0996. The maximum Gasteiger partial charge on any atom is 0.272 e. The van der Waals surface area contributed by atoms with E-state index in [1.807, 2.05) is 35.7 Å². The van der Waals surface area contributed by atoms with Gasteiger partial charge >= 0.3 is 0 Å². The number of benzene rings is 1. The fourth-order valence-corrected chi connectivity index (χ4v) is 3.69. The molecule has 0 unspecified atom stereocenters. The van der Waals surface area contributed by atoms with Gasteiger partial charge in [-0.15, -0.1) is 11.3 Å². The molecule has 6 nitrogen and oxygen atoms in total. The molecule has 0 aliphatic carbocycles. The summed E-state index contributed by atoms with van der Waals surface area (Å²) < 4.78 is 7.67. The molecule has 0 aliphatic heterocycles. The highest BCUT2D eigenvalue weighted by Gasteiger charge is 2.08. The van der Waals surface area contributed by atoms with Gasteiger partial charge in [0.25, 0.3) is 5.56 Å². The van der Waals surface area contributed by atoms with Crippen molar-refractivity contribution < 1.29 is 9.53 Å². The van der Waals surface area contributed by atoms with Crippen LogP contribution in [0.15, 0.2) is 40.5 Å². The number of nitrogens with one attached hydrogen (secondary N) is 2. The Kier molecular flexibility index (Phi) is 5.85. The standard InChI is InChI=1S/C18H19N3O3S2/c1-24-13-6-4-12(5-7-13)11-19-15(22)3-2-9-21-17(23)16-14(8-10-26-16)20-18(21)25/h4-8,10H,2-3,9,11H2,1H3,(H,19,22)(H,20,25). The van der Waals surface area contributed by atoms with Crippen molar-refractivity contribution in [3.8, 4) is 5.75 Å². The third-order valence-corrected chi connectivity index (χ3v) is 5.25. The van der Waals surface area contributed by atoms with Gasteiger partial charge in [0.15, 0.2) is 4.77 Å². The number of carbonyl (C=O) groups is 1. The maximum absolute atomic E-state index is 12.4. The first-order valence-corrected chi connectivity index (χ1v) is 9.47. The molecule has 0 saturated carbocycles. The molecule has 136 valence electrons. The van der Waals surface area contributed by atoms with Crippen molar-refractivity contribution in [1.29, 1.82) is 0 Å². The highest BCUT2D eigenvalue weighted by molar-refractivity contribution is 7.71. The van der Waals surface area contributed by atoms with Crippen LogP contribution in [0.4, 0.5) is 0 Å². The van der Waals surface area contributed by atoms with E-state index in [1.165, 1.54) is 15.9 Å². The SMILES string of the molecule is COc1ccc(CNC(=O)CCCn2c(=S)[nH]c3ccsc3c2=O)cc1. The van der Waals surface area contributed by atoms with Crippen LogP contribution >= 0.6 is 23.6 Å². The Labute approximate surface area is 159 Å². The van der Waals surface area contributed by atoms with Crippen molar-refractivity contribution >= 4 is 39.7 Å². The van der Waals surface area contributed by atoms with Crippen LogP contribution in [-0.2, 0) is 17.9 Å². The Bertz CT molecular complexity index is 1020. The number of methoxy groups -OCH3 is 1. The van der Waals surface area contributed by atoms with Crippen LogP contribution in [-0.4, -0.2) is 22.6 Å². The van der Waals surface area contributed by atoms with Gasteiger partial charge in [-0.05, 0) is 47.8 Å². The summed E-state index contributed by atoms with van der Waals surface area (Å²) in [5.41, 5.74) is 1.66. The summed E-state index contributed by atoms with van der Waals surface area (Å²) in [4.78, 5) is 27.5. The van der Waals surface area contributed by atoms with E-state index in [0.29, 0.717) is 35.4 Å². The molecule has 8 heteroatoms. The van der Waals surface area contributed by atoms with Crippen LogP contribution in [0, 0.1) is 4.77 Å². The zero-order valence-electron chi connectivity index (χ0n) is 14.3. The van der Waals surface area contributed by atoms with Gasteiger partial charge < -0.3 is 15.0 Å². The molecule has 3 aromatic rings. The van der Waals surface area contributed by atoms with E-state index in [2.05, 4.69) is 10.3 Å². The molecule has 2 aromatic heterocycles. The number of nitrogens with zero attached hydrogens (tertiary/aromatic N) is 1. The predicted molar refractivity (Wildman–Crippen MR) is 105 cm³/mol. The number of hydrogen-bond donors (Lipinski definition) is 2. The van der Waals surface area contributed by atoms with Gasteiger partial charge in [0.05, 0.1) is 12.6 Å². The second kappa shape index (κ2) is 8.29. The number of amides is 1. The molecule has 3 rings (SSSR count). The van der Waals surface area contributed by atoms with Gasteiger partial charge in [-0.25, -0.2) is 0 Å². The van der Waals surface area contributed by atoms with Gasteiger partial charge in [0.2, 0.25) is 5.91 Å². The van der Waals surface area contributed by atoms with E-state index in [0.717, 1.165) is 16.8 Å². The van der Waals surface area contributed by atoms with E-state index in [1.54, 1.807) is 7.11 Å². The first-order chi connectivity index (χ1) is 12.6. The molecule has 1 amide bonds. The van der Waals surface area contributed by atoms with Crippen LogP contribution in [0.2, 0.25) is 0 Å². The van der Waals surface area contributed by atoms with Gasteiger partial charge in [-0.2, -0.15) is 0 Å². The number of carbonyl (C=O) groups excluding carboxylic acids is 1. The summed E-state index contributed by atoms with van der Waals surface area (Å²) >= 11 is 6.63. The number of aromatic nitrogens is 2. The fourth-order valence-electron chi connectivity index (χ4n) is 2.60. The van der Waals surface area contributed by atoms with E-state index in [-0.39, 0.29) is 11.5 Å². The van der Waals surface area contributed by atoms with Crippen LogP contribution in [0.1, 0.15) is 18.4 Å². The summed E-state index contributed by atoms with van der Waals surface area (Å²) in [6.07, 6.45) is 0.878. The quantitative estimate of drug-likeness (QED) is 0.609. The molecule has 0 fully saturated rings. The molecule has 0 spiro atoms. The largest absolute Gasteiger partial charge is 0.497 e. The third-order valence-electron chi connectivity index (χ3n) is 4.03. The lowest BCUT2D eigenvalue weighted by Gasteiger charge is -2.08. The Morgan fingerprint density at radius 3 is 2.81 bits per heavy atom. The predicted octanol–water partition coefficient (Wildman–Crippen LogP) is 3.23. The Morgan fingerprint density at radius 1 is 1.31 bits per heavy atom. The summed E-state index contributed by atoms with van der Waals surface area (Å²) in [5, 5.41) is 4.73. The average Bonchev–Trinajstić information content (AvgIpc) is 3.11. The third kappa shape index (κ3) is 4.20. The van der Waals surface area contributed by atoms with Gasteiger partial charge in [-0.3, -0.25) is 14.2 Å². The maximum atomic E-state index is 12.4. The minimum Gasteiger partial charge on any atom is -0.497 e. The number of thiophene rings is 1. The summed E-state index contributed by atoms with van der Waals surface area (Å²) in [6.45, 7) is 0.877. The summed E-state index contributed by atoms with van der Waals surface area (Å²) in [5.74, 6) is 0.728. The Balaban J connectivity index is 1.52. The van der Waals surface area contributed by atoms with Crippen molar-refractivity contribution in [3.63, 3.8) is 0 Å². The lowest BCUT2D eigenvalue weighted by molar-refractivity contribution is -0.121. The molecule has 0 saturated heterocycles. The minimum absolute atomic E-state index is 0.0547. The molecule has 0 radical (unpaired) electrons. The number of ether oxygens (including phenoxy) is 1. The van der Waals surface area contributed by atoms with Crippen molar-refractivity contribution in [1.82, 2.24) is 14.9 Å². The monoisotopic (exact) mass is 389 g/mol. The zero-order valence-corrected chi connectivity index (χ0v) is 15.9. The zero-order chi connectivity index (χ0) is 18.5. The van der Waals surface area contributed by atoms with Gasteiger partial charge in [0, 0.05) is 19.5 Å². The van der Waals surface area contributed by atoms with E-state index < -0.39 is 0 Å². The highest BCUT2D eigenvalue weighted by Crippen LogP contribution is 2.14. The van der Waals surface area contributed by atoms with Crippen molar-refractivity contribution in [2.45, 2.75) is 25.9 Å². The van der Waals surface area contributed by atoms with Gasteiger partial charge in [0.1, 0.15) is 10.4 Å². The fraction of sp³-hybridized carbons (Fsp3) is 0.278. The number of fused-ring (bicyclic) bond motifs is 1. The first-order valence-electron chi connectivity index (χ1n) is 8.18. The Morgan fingerprint density at radius 2 is 2.08 bits per heavy atom. The number of aromatic amines is 1. The first kappa shape index (κ1) is 18.3. The molecular formula is C18H19N3O3S2. The number of H-pyrrole nitrogens is 1. The van der Waals surface area contributed by atoms with Crippen molar-refractivity contribution in [3.05, 3.63) is 56.4 Å². The van der Waals surface area contributed by atoms with E-state index in [9.17, 15) is 9.59 Å². The second-order valence-electron chi connectivity index (χ2n) is 5.78.